The van der Waals surface area contributed by atoms with E-state index in [1.165, 1.54) is 0 Å². The van der Waals surface area contributed by atoms with Crippen LogP contribution in [0.25, 0.3) is 0 Å². The van der Waals surface area contributed by atoms with Crippen LogP contribution in [0.1, 0.15) is 13.3 Å². The molecule has 0 rings (SSSR count). The molecule has 0 aromatic carbocycles. The Morgan fingerprint density at radius 3 is 2.31 bits per heavy atom. The van der Waals surface area contributed by atoms with Gasteiger partial charge in [-0.05, 0) is 6.42 Å². The number of carbonyl (C=O) groups is 1. The summed E-state index contributed by atoms with van der Waals surface area (Å²) in [6.45, 7) is 0.521. The van der Waals surface area contributed by atoms with Crippen LogP contribution in [0, 0.1) is 0 Å². The standard InChI is InChI=1S/C7H11BrF3NO/c1-3-5(8)6(13)12(2)4-7(9,10)11/h5H,3-4H2,1-2H3. The van der Waals surface area contributed by atoms with Crippen LogP contribution in [-0.4, -0.2) is 35.4 Å². The highest BCUT2D eigenvalue weighted by Gasteiger charge is 2.32. The lowest BCUT2D eigenvalue weighted by molar-refractivity contribution is -0.157. The molecule has 0 saturated carbocycles. The van der Waals surface area contributed by atoms with Gasteiger partial charge in [-0.2, -0.15) is 13.2 Å². The van der Waals surface area contributed by atoms with Crippen molar-refractivity contribution in [2.75, 3.05) is 13.6 Å². The lowest BCUT2D eigenvalue weighted by Crippen LogP contribution is -2.39. The molecule has 1 unspecified atom stereocenters. The lowest BCUT2D eigenvalue weighted by atomic mass is 10.3. The first-order valence-electron chi connectivity index (χ1n) is 3.73. The van der Waals surface area contributed by atoms with E-state index in [1.807, 2.05) is 0 Å². The molecule has 1 atom stereocenters. The molecule has 6 heteroatoms. The molecular formula is C7H11BrF3NO. The number of rotatable bonds is 3. The summed E-state index contributed by atoms with van der Waals surface area (Å²) in [6.07, 6.45) is -3.86. The second-order valence-electron chi connectivity index (χ2n) is 2.69. The van der Waals surface area contributed by atoms with E-state index in [0.29, 0.717) is 11.3 Å². The molecule has 0 spiro atoms. The summed E-state index contributed by atoms with van der Waals surface area (Å²) in [5, 5.41) is 0. The maximum atomic E-state index is 11.8. The van der Waals surface area contributed by atoms with Crippen LogP contribution in [0.3, 0.4) is 0 Å². The molecule has 0 bridgehead atoms. The van der Waals surface area contributed by atoms with Crippen molar-refractivity contribution in [2.45, 2.75) is 24.3 Å². The van der Waals surface area contributed by atoms with Crippen molar-refractivity contribution < 1.29 is 18.0 Å². The SMILES string of the molecule is CCC(Br)C(=O)N(C)CC(F)(F)F. The van der Waals surface area contributed by atoms with Crippen LogP contribution in [0.2, 0.25) is 0 Å². The minimum atomic E-state index is -4.33. The predicted octanol–water partition coefficient (Wildman–Crippen LogP) is 2.18. The third-order valence-corrected chi connectivity index (χ3v) is 2.46. The quantitative estimate of drug-likeness (QED) is 0.714. The Balaban J connectivity index is 4.12. The van der Waals surface area contributed by atoms with E-state index in [0.717, 1.165) is 7.05 Å². The first-order chi connectivity index (χ1) is 5.78. The first kappa shape index (κ1) is 12.7. The van der Waals surface area contributed by atoms with E-state index in [9.17, 15) is 18.0 Å². The lowest BCUT2D eigenvalue weighted by Gasteiger charge is -2.20. The van der Waals surface area contributed by atoms with Gasteiger partial charge in [0.25, 0.3) is 0 Å². The number of halogens is 4. The van der Waals surface area contributed by atoms with Gasteiger partial charge >= 0.3 is 6.18 Å². The summed E-state index contributed by atoms with van der Waals surface area (Å²) in [6, 6.07) is 0. The average molecular weight is 262 g/mol. The summed E-state index contributed by atoms with van der Waals surface area (Å²) in [5.41, 5.74) is 0. The van der Waals surface area contributed by atoms with Crippen molar-refractivity contribution in [3.05, 3.63) is 0 Å². The molecule has 13 heavy (non-hydrogen) atoms. The smallest absolute Gasteiger partial charge is 0.336 e. The molecular weight excluding hydrogens is 251 g/mol. The molecule has 0 aliphatic rings. The van der Waals surface area contributed by atoms with Gasteiger partial charge in [0, 0.05) is 7.05 Å². The maximum Gasteiger partial charge on any atom is 0.406 e. The topological polar surface area (TPSA) is 20.3 Å². The summed E-state index contributed by atoms with van der Waals surface area (Å²) < 4.78 is 35.5. The molecule has 0 aromatic rings. The summed E-state index contributed by atoms with van der Waals surface area (Å²) in [4.78, 5) is 11.3. The predicted molar refractivity (Wildman–Crippen MR) is 46.7 cm³/mol. The van der Waals surface area contributed by atoms with E-state index in [1.54, 1.807) is 6.92 Å². The molecule has 0 aliphatic carbocycles. The van der Waals surface area contributed by atoms with Gasteiger partial charge < -0.3 is 4.90 Å². The van der Waals surface area contributed by atoms with E-state index in [2.05, 4.69) is 15.9 Å². The Labute approximate surface area is 83.2 Å². The number of hydrogen-bond donors (Lipinski definition) is 0. The fourth-order valence-corrected chi connectivity index (χ4v) is 1.11. The maximum absolute atomic E-state index is 11.8. The van der Waals surface area contributed by atoms with Gasteiger partial charge in [-0.25, -0.2) is 0 Å². The average Bonchev–Trinajstić information content (AvgIpc) is 1.98. The van der Waals surface area contributed by atoms with Gasteiger partial charge in [0.05, 0.1) is 4.83 Å². The molecule has 0 aliphatic heterocycles. The Kier molecular flexibility index (Phi) is 4.74. The Morgan fingerprint density at radius 1 is 1.54 bits per heavy atom. The Morgan fingerprint density at radius 2 is 2.00 bits per heavy atom. The van der Waals surface area contributed by atoms with Gasteiger partial charge in [-0.15, -0.1) is 0 Å². The Hall–Kier alpha value is -0.260. The van der Waals surface area contributed by atoms with E-state index >= 15 is 0 Å². The van der Waals surface area contributed by atoms with Crippen LogP contribution in [0.5, 0.6) is 0 Å². The second-order valence-corrected chi connectivity index (χ2v) is 3.79. The number of nitrogens with zero attached hydrogens (tertiary/aromatic N) is 1. The fraction of sp³-hybridized carbons (Fsp3) is 0.857. The molecule has 0 fully saturated rings. The van der Waals surface area contributed by atoms with Crippen LogP contribution in [0.15, 0.2) is 0 Å². The zero-order valence-electron chi connectivity index (χ0n) is 7.36. The van der Waals surface area contributed by atoms with Crippen molar-refractivity contribution in [2.24, 2.45) is 0 Å². The normalized spacial score (nSPS) is 14.0. The number of alkyl halides is 4. The summed E-state index contributed by atoms with van der Waals surface area (Å²) in [7, 11) is 1.14. The van der Waals surface area contributed by atoms with Crippen LogP contribution in [-0.2, 0) is 4.79 Å². The zero-order valence-corrected chi connectivity index (χ0v) is 8.94. The summed E-state index contributed by atoms with van der Waals surface area (Å²) >= 11 is 2.99. The van der Waals surface area contributed by atoms with Gasteiger partial charge in [0.1, 0.15) is 6.54 Å². The molecule has 0 aromatic heterocycles. The summed E-state index contributed by atoms with van der Waals surface area (Å²) in [5.74, 6) is -0.542. The largest absolute Gasteiger partial charge is 0.406 e. The van der Waals surface area contributed by atoms with Gasteiger partial charge in [-0.3, -0.25) is 4.79 Å². The first-order valence-corrected chi connectivity index (χ1v) is 4.65. The zero-order chi connectivity index (χ0) is 10.6. The van der Waals surface area contributed by atoms with Crippen LogP contribution < -0.4 is 0 Å². The third-order valence-electron chi connectivity index (χ3n) is 1.42. The van der Waals surface area contributed by atoms with E-state index in [4.69, 9.17) is 0 Å². The van der Waals surface area contributed by atoms with Crippen molar-refractivity contribution in [3.63, 3.8) is 0 Å². The van der Waals surface area contributed by atoms with E-state index < -0.39 is 23.5 Å². The fourth-order valence-electron chi connectivity index (χ4n) is 0.761. The minimum Gasteiger partial charge on any atom is -0.336 e. The van der Waals surface area contributed by atoms with Crippen molar-refractivity contribution in [1.82, 2.24) is 4.90 Å². The molecule has 0 N–H and O–H groups in total. The molecule has 78 valence electrons. The van der Waals surface area contributed by atoms with Crippen molar-refractivity contribution in [1.29, 1.82) is 0 Å². The monoisotopic (exact) mass is 261 g/mol. The minimum absolute atomic E-state index is 0.473. The Bertz CT molecular complexity index is 183. The molecule has 2 nitrogen and oxygen atoms in total. The van der Waals surface area contributed by atoms with Gasteiger partial charge in [0.15, 0.2) is 0 Å². The molecule has 1 amide bonds. The number of amides is 1. The second kappa shape index (κ2) is 4.83. The molecule has 0 heterocycles. The third kappa shape index (κ3) is 5.13. The van der Waals surface area contributed by atoms with Crippen molar-refractivity contribution >= 4 is 21.8 Å². The highest BCUT2D eigenvalue weighted by atomic mass is 79.9. The van der Waals surface area contributed by atoms with Gasteiger partial charge in [-0.1, -0.05) is 22.9 Å². The molecule has 0 radical (unpaired) electrons. The number of carbonyl (C=O) groups excluding carboxylic acids is 1. The highest BCUT2D eigenvalue weighted by Crippen LogP contribution is 2.17. The highest BCUT2D eigenvalue weighted by molar-refractivity contribution is 9.10. The van der Waals surface area contributed by atoms with Gasteiger partial charge in [0.2, 0.25) is 5.91 Å². The molecule has 0 saturated heterocycles. The number of hydrogen-bond acceptors (Lipinski definition) is 1. The van der Waals surface area contributed by atoms with Crippen molar-refractivity contribution in [3.8, 4) is 0 Å². The van der Waals surface area contributed by atoms with Crippen LogP contribution in [0.4, 0.5) is 13.2 Å². The van der Waals surface area contributed by atoms with E-state index in [-0.39, 0.29) is 0 Å². The van der Waals surface area contributed by atoms with Crippen LogP contribution >= 0.6 is 15.9 Å².